The average molecular weight is 338 g/mol. The quantitative estimate of drug-likeness (QED) is 0.326. The van der Waals surface area contributed by atoms with Gasteiger partial charge in [-0.1, -0.05) is 51.5 Å². The molecule has 4 nitrogen and oxygen atoms in total. The molecule has 0 saturated carbocycles. The summed E-state index contributed by atoms with van der Waals surface area (Å²) in [6.45, 7) is 11.3. The topological polar surface area (TPSA) is 47.6 Å². The van der Waals surface area contributed by atoms with Gasteiger partial charge in [-0.15, -0.1) is 0 Å². The monoisotopic (exact) mass is 337 g/mol. The fraction of sp³-hybridized carbons (Fsp3) is 0.650. The predicted octanol–water partition coefficient (Wildman–Crippen LogP) is 4.39. The minimum Gasteiger partial charge on any atom is -0.359 e. The normalized spacial score (nSPS) is 15.6. The summed E-state index contributed by atoms with van der Waals surface area (Å²) < 4.78 is 10.6. The van der Waals surface area contributed by atoms with E-state index in [1.165, 1.54) is 0 Å². The number of carbonyl (C=O) groups excluding carboxylic acids is 1. The third kappa shape index (κ3) is 9.68. The van der Waals surface area contributed by atoms with Crippen molar-refractivity contribution >= 4 is 5.91 Å². The highest BCUT2D eigenvalue weighted by Gasteiger charge is 2.09. The molecule has 1 N–H and O–H groups in total. The van der Waals surface area contributed by atoms with Gasteiger partial charge in [-0.05, 0) is 38.2 Å². The fourth-order valence-corrected chi connectivity index (χ4v) is 2.08. The number of amides is 1. The third-order valence-electron chi connectivity index (χ3n) is 3.97. The van der Waals surface area contributed by atoms with E-state index in [2.05, 4.69) is 25.2 Å². The van der Waals surface area contributed by atoms with Gasteiger partial charge in [-0.25, -0.2) is 0 Å². The zero-order valence-electron chi connectivity index (χ0n) is 16.2. The van der Waals surface area contributed by atoms with Gasteiger partial charge in [0.1, 0.15) is 6.79 Å². The molecule has 0 aromatic carbocycles. The summed E-state index contributed by atoms with van der Waals surface area (Å²) in [6.07, 6.45) is 10.5. The molecule has 2 unspecified atom stereocenters. The molecule has 0 aromatic heterocycles. The number of hydrogen-bond donors (Lipinski definition) is 1. The minimum absolute atomic E-state index is 0.0458. The maximum Gasteiger partial charge on any atom is 0.246 e. The van der Waals surface area contributed by atoms with Crippen LogP contribution in [-0.2, 0) is 14.3 Å². The molecule has 0 aliphatic carbocycles. The standard InChI is InChI=1S/C20H35NO3/c1-7-11-19(24-15-23-6)17(5)12-10-13-18(9-3)20(22)21-14-16(4)8-2/h7,11-13,16,19H,8-10,14-15H2,1-6H3,(H,21,22)/b11-7?,17-12-,18-13+. The summed E-state index contributed by atoms with van der Waals surface area (Å²) in [6, 6.07) is 0. The molecule has 2 atom stereocenters. The van der Waals surface area contributed by atoms with Crippen LogP contribution in [0.2, 0.25) is 0 Å². The summed E-state index contributed by atoms with van der Waals surface area (Å²) in [4.78, 5) is 12.2. The van der Waals surface area contributed by atoms with Crippen LogP contribution in [0.25, 0.3) is 0 Å². The van der Waals surface area contributed by atoms with Crippen LogP contribution in [0.1, 0.15) is 53.9 Å². The Morgan fingerprint density at radius 3 is 2.50 bits per heavy atom. The zero-order chi connectivity index (χ0) is 18.4. The van der Waals surface area contributed by atoms with Crippen LogP contribution in [0.3, 0.4) is 0 Å². The Bertz CT molecular complexity index is 438. The highest BCUT2D eigenvalue weighted by atomic mass is 16.7. The van der Waals surface area contributed by atoms with Crippen molar-refractivity contribution in [3.8, 4) is 0 Å². The summed E-state index contributed by atoms with van der Waals surface area (Å²) >= 11 is 0. The van der Waals surface area contributed by atoms with Crippen LogP contribution in [0.5, 0.6) is 0 Å². The van der Waals surface area contributed by atoms with E-state index in [-0.39, 0.29) is 18.8 Å². The van der Waals surface area contributed by atoms with Crippen molar-refractivity contribution in [2.24, 2.45) is 5.92 Å². The van der Waals surface area contributed by atoms with E-state index in [4.69, 9.17) is 9.47 Å². The second kappa shape index (κ2) is 14.0. The summed E-state index contributed by atoms with van der Waals surface area (Å²) in [5.41, 5.74) is 1.94. The number of ether oxygens (including phenoxy) is 2. The lowest BCUT2D eigenvalue weighted by Crippen LogP contribution is -2.29. The second-order valence-corrected chi connectivity index (χ2v) is 6.01. The van der Waals surface area contributed by atoms with Gasteiger partial charge in [0.25, 0.3) is 0 Å². The van der Waals surface area contributed by atoms with Gasteiger partial charge < -0.3 is 14.8 Å². The molecular formula is C20H35NO3. The summed E-state index contributed by atoms with van der Waals surface area (Å²) in [7, 11) is 1.61. The van der Waals surface area contributed by atoms with E-state index in [1.807, 2.05) is 39.0 Å². The minimum atomic E-state index is -0.0901. The van der Waals surface area contributed by atoms with Crippen LogP contribution >= 0.6 is 0 Å². The lowest BCUT2D eigenvalue weighted by Gasteiger charge is -2.14. The molecule has 0 aromatic rings. The molecule has 0 spiro atoms. The molecule has 0 heterocycles. The van der Waals surface area contributed by atoms with Gasteiger partial charge in [0.2, 0.25) is 5.91 Å². The SMILES string of the molecule is CC=CC(OCOC)/C(C)=C\C/C=C(\CC)C(=O)NCC(C)CC. The molecule has 1 amide bonds. The molecule has 0 radical (unpaired) electrons. The Labute approximate surface area is 148 Å². The first-order valence-corrected chi connectivity index (χ1v) is 8.87. The van der Waals surface area contributed by atoms with Crippen LogP contribution in [-0.4, -0.2) is 32.5 Å². The van der Waals surface area contributed by atoms with Gasteiger partial charge in [0, 0.05) is 19.2 Å². The lowest BCUT2D eigenvalue weighted by atomic mass is 10.1. The van der Waals surface area contributed by atoms with Crippen molar-refractivity contribution in [2.45, 2.75) is 60.0 Å². The molecule has 0 rings (SSSR count). The predicted molar refractivity (Wildman–Crippen MR) is 101 cm³/mol. The third-order valence-corrected chi connectivity index (χ3v) is 3.97. The van der Waals surface area contributed by atoms with Gasteiger partial charge in [-0.2, -0.15) is 0 Å². The Balaban J connectivity index is 4.70. The maximum atomic E-state index is 12.2. The van der Waals surface area contributed by atoms with Crippen molar-refractivity contribution in [2.75, 3.05) is 20.4 Å². The van der Waals surface area contributed by atoms with E-state index in [1.54, 1.807) is 7.11 Å². The Morgan fingerprint density at radius 1 is 1.25 bits per heavy atom. The highest BCUT2D eigenvalue weighted by molar-refractivity contribution is 5.93. The molecule has 4 heteroatoms. The molecular weight excluding hydrogens is 302 g/mol. The smallest absolute Gasteiger partial charge is 0.246 e. The van der Waals surface area contributed by atoms with E-state index in [0.717, 1.165) is 37.0 Å². The average Bonchev–Trinajstić information content (AvgIpc) is 2.59. The van der Waals surface area contributed by atoms with Crippen molar-refractivity contribution < 1.29 is 14.3 Å². The lowest BCUT2D eigenvalue weighted by molar-refractivity contribution is -0.117. The number of carbonyl (C=O) groups is 1. The number of nitrogens with one attached hydrogen (secondary N) is 1. The Morgan fingerprint density at radius 2 is 1.96 bits per heavy atom. The summed E-state index contributed by atoms with van der Waals surface area (Å²) in [5, 5.41) is 3.01. The number of hydrogen-bond acceptors (Lipinski definition) is 3. The number of allylic oxidation sites excluding steroid dienone is 3. The van der Waals surface area contributed by atoms with E-state index < -0.39 is 0 Å². The van der Waals surface area contributed by atoms with Crippen LogP contribution in [0.4, 0.5) is 0 Å². The van der Waals surface area contributed by atoms with Crippen molar-refractivity contribution in [1.82, 2.24) is 5.32 Å². The first kappa shape index (κ1) is 22.6. The van der Waals surface area contributed by atoms with Crippen LogP contribution < -0.4 is 5.32 Å². The Hall–Kier alpha value is -1.39. The van der Waals surface area contributed by atoms with Crippen molar-refractivity contribution in [3.63, 3.8) is 0 Å². The first-order valence-electron chi connectivity index (χ1n) is 8.87. The maximum absolute atomic E-state index is 12.2. The van der Waals surface area contributed by atoms with Crippen LogP contribution in [0, 0.1) is 5.92 Å². The number of methoxy groups -OCH3 is 1. The molecule has 0 fully saturated rings. The molecule has 138 valence electrons. The van der Waals surface area contributed by atoms with Gasteiger partial charge in [0.05, 0.1) is 6.10 Å². The molecule has 0 saturated heterocycles. The second-order valence-electron chi connectivity index (χ2n) is 6.01. The zero-order valence-corrected chi connectivity index (χ0v) is 16.2. The fourth-order valence-electron chi connectivity index (χ4n) is 2.08. The van der Waals surface area contributed by atoms with Crippen molar-refractivity contribution in [3.05, 3.63) is 35.5 Å². The molecule has 0 aliphatic heterocycles. The van der Waals surface area contributed by atoms with Gasteiger partial charge in [-0.3, -0.25) is 4.79 Å². The van der Waals surface area contributed by atoms with E-state index >= 15 is 0 Å². The molecule has 0 bridgehead atoms. The van der Waals surface area contributed by atoms with Crippen molar-refractivity contribution in [1.29, 1.82) is 0 Å². The molecule has 24 heavy (non-hydrogen) atoms. The van der Waals surface area contributed by atoms with Gasteiger partial charge >= 0.3 is 0 Å². The first-order chi connectivity index (χ1) is 11.5. The Kier molecular flexibility index (Phi) is 13.2. The highest BCUT2D eigenvalue weighted by Crippen LogP contribution is 2.11. The van der Waals surface area contributed by atoms with E-state index in [9.17, 15) is 4.79 Å². The number of rotatable bonds is 12. The summed E-state index contributed by atoms with van der Waals surface area (Å²) in [5.74, 6) is 0.554. The van der Waals surface area contributed by atoms with Gasteiger partial charge in [0.15, 0.2) is 0 Å². The largest absolute Gasteiger partial charge is 0.359 e. The van der Waals surface area contributed by atoms with E-state index in [0.29, 0.717) is 5.92 Å². The van der Waals surface area contributed by atoms with Crippen LogP contribution in [0.15, 0.2) is 35.5 Å². The molecule has 0 aliphatic rings.